The summed E-state index contributed by atoms with van der Waals surface area (Å²) in [7, 11) is 0. The van der Waals surface area contributed by atoms with Gasteiger partial charge in [-0.15, -0.1) is 0 Å². The van der Waals surface area contributed by atoms with E-state index >= 15 is 0 Å². The van der Waals surface area contributed by atoms with Crippen LogP contribution in [0.25, 0.3) is 0 Å². The Balaban J connectivity index is 1.43. The van der Waals surface area contributed by atoms with Gasteiger partial charge in [-0.2, -0.15) is 0 Å². The van der Waals surface area contributed by atoms with Gasteiger partial charge in [0.2, 0.25) is 17.8 Å². The standard InChI is InChI=1S/C21H21FN6O/c22-16-7-4-15(5-8-16)6-9-19(29)28-14-1-3-18(28)17-10-13-25-21(26-17)27-20-23-11-2-12-24-20/h2,4-5,7-8,10-13,18H,1,3,6,9,14H2,(H,23,24,25,26,27)/t18-/m1/s1. The fraction of sp³-hybridized carbons (Fsp3) is 0.286. The van der Waals surface area contributed by atoms with Gasteiger partial charge in [0.1, 0.15) is 5.82 Å². The summed E-state index contributed by atoms with van der Waals surface area (Å²) < 4.78 is 13.0. The molecule has 1 aliphatic rings. The number of benzene rings is 1. The van der Waals surface area contributed by atoms with E-state index in [0.717, 1.165) is 24.1 Å². The number of likely N-dealkylation sites (tertiary alicyclic amines) is 1. The van der Waals surface area contributed by atoms with Crippen molar-refractivity contribution in [3.8, 4) is 0 Å². The lowest BCUT2D eigenvalue weighted by atomic mass is 10.1. The van der Waals surface area contributed by atoms with Crippen LogP contribution in [-0.2, 0) is 11.2 Å². The summed E-state index contributed by atoms with van der Waals surface area (Å²) >= 11 is 0. The monoisotopic (exact) mass is 392 g/mol. The number of aromatic nitrogens is 4. The van der Waals surface area contributed by atoms with Gasteiger partial charge in [-0.25, -0.2) is 24.3 Å². The van der Waals surface area contributed by atoms with Crippen molar-refractivity contribution in [2.75, 3.05) is 11.9 Å². The molecule has 1 amide bonds. The molecule has 3 aromatic rings. The molecule has 29 heavy (non-hydrogen) atoms. The first-order valence-corrected chi connectivity index (χ1v) is 9.60. The highest BCUT2D eigenvalue weighted by Crippen LogP contribution is 2.31. The number of hydrogen-bond donors (Lipinski definition) is 1. The second-order valence-corrected chi connectivity index (χ2v) is 6.87. The third-order valence-corrected chi connectivity index (χ3v) is 4.92. The SMILES string of the molecule is O=C(CCc1ccc(F)cc1)N1CCC[C@@H]1c1ccnc(Nc2ncccn2)n1. The summed E-state index contributed by atoms with van der Waals surface area (Å²) in [5.41, 5.74) is 1.75. The molecule has 0 unspecified atom stereocenters. The predicted molar refractivity (Wildman–Crippen MR) is 106 cm³/mol. The normalized spacial score (nSPS) is 16.0. The zero-order chi connectivity index (χ0) is 20.1. The molecule has 1 aliphatic heterocycles. The van der Waals surface area contributed by atoms with Crippen LogP contribution in [0.1, 0.15) is 36.6 Å². The van der Waals surface area contributed by atoms with Gasteiger partial charge in [-0.05, 0) is 49.1 Å². The molecule has 1 atom stereocenters. The summed E-state index contributed by atoms with van der Waals surface area (Å²) in [6.45, 7) is 0.710. The van der Waals surface area contributed by atoms with Crippen molar-refractivity contribution in [2.45, 2.75) is 31.7 Å². The van der Waals surface area contributed by atoms with Crippen molar-refractivity contribution in [3.05, 3.63) is 72.1 Å². The third-order valence-electron chi connectivity index (χ3n) is 4.92. The molecule has 1 saturated heterocycles. The number of nitrogens with zero attached hydrogens (tertiary/aromatic N) is 5. The summed E-state index contributed by atoms with van der Waals surface area (Å²) in [6, 6.07) is 9.78. The second-order valence-electron chi connectivity index (χ2n) is 6.87. The van der Waals surface area contributed by atoms with Crippen LogP contribution in [0.4, 0.5) is 16.3 Å². The number of nitrogens with one attached hydrogen (secondary N) is 1. The fourth-order valence-electron chi connectivity index (χ4n) is 3.50. The molecule has 4 rings (SSSR count). The zero-order valence-corrected chi connectivity index (χ0v) is 15.8. The van der Waals surface area contributed by atoms with Crippen molar-refractivity contribution in [1.29, 1.82) is 0 Å². The first-order chi connectivity index (χ1) is 14.2. The van der Waals surface area contributed by atoms with E-state index in [1.807, 2.05) is 11.0 Å². The zero-order valence-electron chi connectivity index (χ0n) is 15.8. The Bertz CT molecular complexity index is 966. The Labute approximate surface area is 168 Å². The number of carbonyl (C=O) groups is 1. The molecule has 1 aromatic carbocycles. The quantitative estimate of drug-likeness (QED) is 0.692. The molecule has 1 N–H and O–H groups in total. The first kappa shape index (κ1) is 18.9. The van der Waals surface area contributed by atoms with Gasteiger partial charge in [-0.1, -0.05) is 12.1 Å². The minimum atomic E-state index is -0.270. The molecule has 8 heteroatoms. The molecule has 0 spiro atoms. The van der Waals surface area contributed by atoms with Gasteiger partial charge < -0.3 is 4.90 Å². The number of amides is 1. The topological polar surface area (TPSA) is 83.9 Å². The summed E-state index contributed by atoms with van der Waals surface area (Å²) in [5.74, 6) is 0.632. The summed E-state index contributed by atoms with van der Waals surface area (Å²) in [5, 5.41) is 2.98. The lowest BCUT2D eigenvalue weighted by molar-refractivity contribution is -0.132. The number of aryl methyl sites for hydroxylation is 1. The molecule has 148 valence electrons. The highest BCUT2D eigenvalue weighted by atomic mass is 19.1. The molecular weight excluding hydrogens is 371 g/mol. The fourth-order valence-corrected chi connectivity index (χ4v) is 3.50. The molecule has 3 heterocycles. The highest BCUT2D eigenvalue weighted by Gasteiger charge is 2.30. The van der Waals surface area contributed by atoms with Crippen LogP contribution in [0, 0.1) is 5.82 Å². The van der Waals surface area contributed by atoms with E-state index in [0.29, 0.717) is 31.3 Å². The van der Waals surface area contributed by atoms with Crippen molar-refractivity contribution in [3.63, 3.8) is 0 Å². The average Bonchev–Trinajstić information content (AvgIpc) is 3.24. The second kappa shape index (κ2) is 8.72. The molecule has 7 nitrogen and oxygen atoms in total. The summed E-state index contributed by atoms with van der Waals surface area (Å²) in [4.78, 5) is 31.7. The van der Waals surface area contributed by atoms with Gasteiger partial charge in [0.25, 0.3) is 0 Å². The van der Waals surface area contributed by atoms with E-state index in [4.69, 9.17) is 0 Å². The van der Waals surface area contributed by atoms with Gasteiger partial charge in [-0.3, -0.25) is 10.1 Å². The Kier molecular flexibility index (Phi) is 5.69. The average molecular weight is 392 g/mol. The number of halogens is 1. The van der Waals surface area contributed by atoms with Crippen molar-refractivity contribution < 1.29 is 9.18 Å². The van der Waals surface area contributed by atoms with E-state index in [9.17, 15) is 9.18 Å². The van der Waals surface area contributed by atoms with E-state index in [1.54, 1.807) is 36.8 Å². The summed E-state index contributed by atoms with van der Waals surface area (Å²) in [6.07, 6.45) is 7.71. The van der Waals surface area contributed by atoms with Crippen LogP contribution in [-0.4, -0.2) is 37.3 Å². The molecule has 0 saturated carbocycles. The Morgan fingerprint density at radius 2 is 1.83 bits per heavy atom. The molecule has 0 aliphatic carbocycles. The minimum Gasteiger partial charge on any atom is -0.334 e. The lowest BCUT2D eigenvalue weighted by Gasteiger charge is -2.24. The van der Waals surface area contributed by atoms with E-state index in [1.165, 1.54) is 12.1 Å². The molecule has 0 radical (unpaired) electrons. The Morgan fingerprint density at radius 1 is 1.07 bits per heavy atom. The molecule has 2 aromatic heterocycles. The lowest BCUT2D eigenvalue weighted by Crippen LogP contribution is -2.31. The van der Waals surface area contributed by atoms with Crippen LogP contribution >= 0.6 is 0 Å². The Morgan fingerprint density at radius 3 is 2.62 bits per heavy atom. The third kappa shape index (κ3) is 4.71. The number of rotatable bonds is 6. The largest absolute Gasteiger partial charge is 0.334 e. The number of anilines is 2. The number of carbonyl (C=O) groups excluding carboxylic acids is 1. The maximum Gasteiger partial charge on any atom is 0.229 e. The Hall–Kier alpha value is -3.42. The number of hydrogen-bond acceptors (Lipinski definition) is 6. The van der Waals surface area contributed by atoms with Crippen molar-refractivity contribution in [1.82, 2.24) is 24.8 Å². The smallest absolute Gasteiger partial charge is 0.229 e. The van der Waals surface area contributed by atoms with E-state index < -0.39 is 0 Å². The van der Waals surface area contributed by atoms with Crippen LogP contribution in [0.3, 0.4) is 0 Å². The molecule has 0 bridgehead atoms. The van der Waals surface area contributed by atoms with E-state index in [2.05, 4.69) is 25.3 Å². The van der Waals surface area contributed by atoms with Crippen LogP contribution < -0.4 is 5.32 Å². The van der Waals surface area contributed by atoms with Crippen LogP contribution in [0.2, 0.25) is 0 Å². The van der Waals surface area contributed by atoms with E-state index in [-0.39, 0.29) is 17.8 Å². The van der Waals surface area contributed by atoms with Gasteiger partial charge >= 0.3 is 0 Å². The van der Waals surface area contributed by atoms with Crippen LogP contribution in [0.15, 0.2) is 55.0 Å². The predicted octanol–water partition coefficient (Wildman–Crippen LogP) is 3.45. The van der Waals surface area contributed by atoms with Crippen LogP contribution in [0.5, 0.6) is 0 Å². The molecule has 1 fully saturated rings. The molecular formula is C21H21FN6O. The first-order valence-electron chi connectivity index (χ1n) is 9.60. The van der Waals surface area contributed by atoms with Crippen molar-refractivity contribution in [2.24, 2.45) is 0 Å². The maximum absolute atomic E-state index is 13.0. The van der Waals surface area contributed by atoms with Gasteiger partial charge in [0, 0.05) is 31.6 Å². The van der Waals surface area contributed by atoms with Gasteiger partial charge in [0.15, 0.2) is 0 Å². The minimum absolute atomic E-state index is 0.0732. The van der Waals surface area contributed by atoms with Crippen molar-refractivity contribution >= 4 is 17.8 Å². The van der Waals surface area contributed by atoms with Gasteiger partial charge in [0.05, 0.1) is 11.7 Å². The maximum atomic E-state index is 13.0. The highest BCUT2D eigenvalue weighted by molar-refractivity contribution is 5.77.